The maximum absolute atomic E-state index is 9.41. The van der Waals surface area contributed by atoms with Crippen molar-refractivity contribution in [2.24, 2.45) is 5.73 Å². The van der Waals surface area contributed by atoms with Crippen LogP contribution < -0.4 is 5.73 Å². The number of benzene rings is 1. The van der Waals surface area contributed by atoms with E-state index in [4.69, 9.17) is 5.73 Å². The lowest BCUT2D eigenvalue weighted by molar-refractivity contribution is 0.156. The first-order valence-electron chi connectivity index (χ1n) is 5.54. The Bertz CT molecular complexity index is 478. The average Bonchev–Trinajstić information content (AvgIpc) is 2.78. The van der Waals surface area contributed by atoms with E-state index in [9.17, 15) is 5.11 Å². The van der Waals surface area contributed by atoms with Crippen molar-refractivity contribution in [3.05, 3.63) is 36.0 Å². The molecule has 3 N–H and O–H groups in total. The van der Waals surface area contributed by atoms with Crippen LogP contribution in [0.5, 0.6) is 0 Å². The predicted molar refractivity (Wildman–Crippen MR) is 65.3 cm³/mol. The second kappa shape index (κ2) is 5.07. The molecule has 0 aliphatic carbocycles. The van der Waals surface area contributed by atoms with E-state index < -0.39 is 6.10 Å². The summed E-state index contributed by atoms with van der Waals surface area (Å²) in [6.45, 7) is 2.63. The molecule has 90 valence electrons. The van der Waals surface area contributed by atoms with Gasteiger partial charge in [0.05, 0.1) is 18.8 Å². The quantitative estimate of drug-likeness (QED) is 0.808. The number of nitrogens with zero attached hydrogens (tertiary/aromatic N) is 3. The summed E-state index contributed by atoms with van der Waals surface area (Å²) < 4.78 is 1.60. The zero-order valence-electron chi connectivity index (χ0n) is 9.74. The van der Waals surface area contributed by atoms with Crippen LogP contribution in [0.15, 0.2) is 30.5 Å². The molecule has 0 amide bonds. The summed E-state index contributed by atoms with van der Waals surface area (Å²) in [5.74, 6) is 0. The molecule has 2 rings (SSSR count). The van der Waals surface area contributed by atoms with Crippen molar-refractivity contribution in [1.29, 1.82) is 0 Å². The van der Waals surface area contributed by atoms with Gasteiger partial charge >= 0.3 is 0 Å². The Labute approximate surface area is 99.9 Å². The van der Waals surface area contributed by atoms with Gasteiger partial charge in [0.15, 0.2) is 0 Å². The number of aryl methyl sites for hydroxylation is 1. The van der Waals surface area contributed by atoms with Crippen LogP contribution in [-0.2, 0) is 6.54 Å². The van der Waals surface area contributed by atoms with Crippen LogP contribution in [0.25, 0.3) is 11.3 Å². The van der Waals surface area contributed by atoms with Gasteiger partial charge in [-0.1, -0.05) is 35.0 Å². The van der Waals surface area contributed by atoms with Crippen molar-refractivity contribution in [1.82, 2.24) is 15.0 Å². The topological polar surface area (TPSA) is 77.0 Å². The lowest BCUT2D eigenvalue weighted by Gasteiger charge is -2.05. The molecule has 0 fully saturated rings. The fourth-order valence-electron chi connectivity index (χ4n) is 1.53. The molecule has 1 aromatic carbocycles. The van der Waals surface area contributed by atoms with E-state index in [1.165, 1.54) is 5.56 Å². The first-order valence-corrected chi connectivity index (χ1v) is 5.54. The summed E-state index contributed by atoms with van der Waals surface area (Å²) in [6, 6.07) is 8.07. The Kier molecular flexibility index (Phi) is 3.51. The van der Waals surface area contributed by atoms with Crippen molar-refractivity contribution in [3.63, 3.8) is 0 Å². The van der Waals surface area contributed by atoms with Gasteiger partial charge in [0.2, 0.25) is 0 Å². The number of hydrogen-bond acceptors (Lipinski definition) is 4. The third kappa shape index (κ3) is 2.89. The van der Waals surface area contributed by atoms with Crippen molar-refractivity contribution < 1.29 is 5.11 Å². The predicted octanol–water partition coefficient (Wildman–Crippen LogP) is 0.573. The maximum Gasteiger partial charge on any atom is 0.113 e. The second-order valence-corrected chi connectivity index (χ2v) is 4.08. The number of aliphatic hydroxyl groups excluding tert-OH is 1. The normalized spacial score (nSPS) is 12.6. The second-order valence-electron chi connectivity index (χ2n) is 4.08. The van der Waals surface area contributed by atoms with Crippen LogP contribution >= 0.6 is 0 Å². The molecule has 5 heteroatoms. The molecule has 0 bridgehead atoms. The Balaban J connectivity index is 2.15. The first-order chi connectivity index (χ1) is 8.19. The van der Waals surface area contributed by atoms with E-state index in [2.05, 4.69) is 10.3 Å². The lowest BCUT2D eigenvalue weighted by atomic mass is 10.1. The summed E-state index contributed by atoms with van der Waals surface area (Å²) in [6.07, 6.45) is 1.23. The molecule has 0 saturated carbocycles. The van der Waals surface area contributed by atoms with E-state index in [0.29, 0.717) is 6.54 Å². The molecule has 1 atom stereocenters. The van der Waals surface area contributed by atoms with Crippen molar-refractivity contribution in [3.8, 4) is 11.3 Å². The van der Waals surface area contributed by atoms with Crippen LogP contribution in [0.2, 0.25) is 0 Å². The Morgan fingerprint density at radius 3 is 2.71 bits per heavy atom. The molecule has 0 saturated heterocycles. The Morgan fingerprint density at radius 1 is 1.35 bits per heavy atom. The van der Waals surface area contributed by atoms with Gasteiger partial charge in [0.25, 0.3) is 0 Å². The van der Waals surface area contributed by atoms with Crippen LogP contribution in [0.1, 0.15) is 5.56 Å². The lowest BCUT2D eigenvalue weighted by Crippen LogP contribution is -2.25. The molecule has 1 aromatic heterocycles. The van der Waals surface area contributed by atoms with Gasteiger partial charge in [-0.15, -0.1) is 5.10 Å². The third-order valence-electron chi connectivity index (χ3n) is 2.56. The van der Waals surface area contributed by atoms with Gasteiger partial charge in [0, 0.05) is 12.1 Å². The molecule has 0 aliphatic heterocycles. The highest BCUT2D eigenvalue weighted by atomic mass is 16.3. The molecule has 0 spiro atoms. The molecular weight excluding hydrogens is 216 g/mol. The van der Waals surface area contributed by atoms with Gasteiger partial charge in [0.1, 0.15) is 5.69 Å². The number of aromatic nitrogens is 3. The highest BCUT2D eigenvalue weighted by molar-refractivity contribution is 5.57. The Hall–Kier alpha value is -1.72. The minimum Gasteiger partial charge on any atom is -0.390 e. The standard InChI is InChI=1S/C12H16N4O/c1-9-2-4-10(5-3-9)12-8-16(15-14-12)7-11(17)6-13/h2-5,8,11,17H,6-7,13H2,1H3/t11-/m0/s1. The largest absolute Gasteiger partial charge is 0.390 e. The number of aliphatic hydroxyl groups is 1. The molecule has 0 aliphatic rings. The van der Waals surface area contributed by atoms with Crippen LogP contribution in [-0.4, -0.2) is 32.7 Å². The number of nitrogens with two attached hydrogens (primary N) is 1. The SMILES string of the molecule is Cc1ccc(-c2cn(C[C@@H](O)CN)nn2)cc1. The molecule has 0 radical (unpaired) electrons. The van der Waals surface area contributed by atoms with E-state index in [0.717, 1.165) is 11.3 Å². The van der Waals surface area contributed by atoms with E-state index in [-0.39, 0.29) is 6.54 Å². The van der Waals surface area contributed by atoms with Gasteiger partial charge in [-0.2, -0.15) is 0 Å². The molecule has 5 nitrogen and oxygen atoms in total. The van der Waals surface area contributed by atoms with Crippen molar-refractivity contribution in [2.45, 2.75) is 19.6 Å². The highest BCUT2D eigenvalue weighted by Gasteiger charge is 2.06. The molecule has 2 aromatic rings. The van der Waals surface area contributed by atoms with E-state index in [1.54, 1.807) is 4.68 Å². The maximum atomic E-state index is 9.41. The zero-order valence-corrected chi connectivity index (χ0v) is 9.74. The average molecular weight is 232 g/mol. The Morgan fingerprint density at radius 2 is 2.06 bits per heavy atom. The summed E-state index contributed by atoms with van der Waals surface area (Å²) in [7, 11) is 0. The molecular formula is C12H16N4O. The zero-order chi connectivity index (χ0) is 12.3. The summed E-state index contributed by atoms with van der Waals surface area (Å²) in [4.78, 5) is 0. The summed E-state index contributed by atoms with van der Waals surface area (Å²) in [5.41, 5.74) is 8.37. The monoisotopic (exact) mass is 232 g/mol. The summed E-state index contributed by atoms with van der Waals surface area (Å²) in [5, 5.41) is 17.4. The third-order valence-corrected chi connectivity index (χ3v) is 2.56. The van der Waals surface area contributed by atoms with Crippen molar-refractivity contribution in [2.75, 3.05) is 6.54 Å². The highest BCUT2D eigenvalue weighted by Crippen LogP contribution is 2.16. The minimum absolute atomic E-state index is 0.222. The first kappa shape index (κ1) is 11.8. The van der Waals surface area contributed by atoms with Crippen LogP contribution in [0.3, 0.4) is 0 Å². The fourth-order valence-corrected chi connectivity index (χ4v) is 1.53. The van der Waals surface area contributed by atoms with Crippen LogP contribution in [0, 0.1) is 6.92 Å². The van der Waals surface area contributed by atoms with Crippen LogP contribution in [0.4, 0.5) is 0 Å². The smallest absolute Gasteiger partial charge is 0.113 e. The fraction of sp³-hybridized carbons (Fsp3) is 0.333. The molecule has 17 heavy (non-hydrogen) atoms. The molecule has 0 unspecified atom stereocenters. The van der Waals surface area contributed by atoms with Crippen molar-refractivity contribution >= 4 is 0 Å². The van der Waals surface area contributed by atoms with Gasteiger partial charge in [-0.05, 0) is 6.92 Å². The van der Waals surface area contributed by atoms with E-state index >= 15 is 0 Å². The molecule has 1 heterocycles. The van der Waals surface area contributed by atoms with Gasteiger partial charge in [-0.25, -0.2) is 4.68 Å². The number of rotatable bonds is 4. The summed E-state index contributed by atoms with van der Waals surface area (Å²) >= 11 is 0. The van der Waals surface area contributed by atoms with Gasteiger partial charge < -0.3 is 10.8 Å². The van der Waals surface area contributed by atoms with Gasteiger partial charge in [-0.3, -0.25) is 0 Å². The number of hydrogen-bond donors (Lipinski definition) is 2. The minimum atomic E-state index is -0.581. The van der Waals surface area contributed by atoms with E-state index in [1.807, 2.05) is 37.4 Å².